The minimum atomic E-state index is -0.166. The van der Waals surface area contributed by atoms with Gasteiger partial charge in [0.25, 0.3) is 0 Å². The molecule has 0 aromatic rings. The van der Waals surface area contributed by atoms with Crippen molar-refractivity contribution in [3.63, 3.8) is 0 Å². The number of amides is 1. The van der Waals surface area contributed by atoms with E-state index in [0.717, 1.165) is 25.7 Å². The SMILES string of the molecule is COCC(C)CC(=O)NC1CCC(O)CC1. The van der Waals surface area contributed by atoms with E-state index in [1.54, 1.807) is 7.11 Å². The zero-order chi connectivity index (χ0) is 12.0. The van der Waals surface area contributed by atoms with E-state index in [9.17, 15) is 9.90 Å². The minimum absolute atomic E-state index is 0.103. The first-order valence-electron chi connectivity index (χ1n) is 6.08. The number of ether oxygens (including phenoxy) is 1. The summed E-state index contributed by atoms with van der Waals surface area (Å²) >= 11 is 0. The van der Waals surface area contributed by atoms with Crippen LogP contribution < -0.4 is 5.32 Å². The number of methoxy groups -OCH3 is 1. The fourth-order valence-electron chi connectivity index (χ4n) is 2.17. The Morgan fingerprint density at radius 3 is 2.62 bits per heavy atom. The molecule has 1 saturated carbocycles. The highest BCUT2D eigenvalue weighted by Gasteiger charge is 2.21. The molecule has 1 aliphatic rings. The molecule has 0 aromatic heterocycles. The van der Waals surface area contributed by atoms with Crippen molar-refractivity contribution >= 4 is 5.91 Å². The molecule has 2 N–H and O–H groups in total. The smallest absolute Gasteiger partial charge is 0.220 e. The van der Waals surface area contributed by atoms with Gasteiger partial charge in [-0.1, -0.05) is 6.92 Å². The van der Waals surface area contributed by atoms with Gasteiger partial charge in [0.2, 0.25) is 5.91 Å². The van der Waals surface area contributed by atoms with Crippen molar-refractivity contribution < 1.29 is 14.6 Å². The van der Waals surface area contributed by atoms with Crippen molar-refractivity contribution in [2.75, 3.05) is 13.7 Å². The first-order valence-corrected chi connectivity index (χ1v) is 6.08. The Bertz CT molecular complexity index is 212. The van der Waals surface area contributed by atoms with Crippen molar-refractivity contribution in [2.45, 2.75) is 51.2 Å². The third-order valence-corrected chi connectivity index (χ3v) is 3.05. The van der Waals surface area contributed by atoms with E-state index in [-0.39, 0.29) is 24.0 Å². The first-order chi connectivity index (χ1) is 7.61. The lowest BCUT2D eigenvalue weighted by molar-refractivity contribution is -0.123. The minimum Gasteiger partial charge on any atom is -0.393 e. The summed E-state index contributed by atoms with van der Waals surface area (Å²) in [6.45, 7) is 2.63. The maximum atomic E-state index is 11.6. The highest BCUT2D eigenvalue weighted by atomic mass is 16.5. The van der Waals surface area contributed by atoms with Gasteiger partial charge in [-0.15, -0.1) is 0 Å². The molecule has 4 heteroatoms. The van der Waals surface area contributed by atoms with Crippen LogP contribution in [-0.4, -0.2) is 36.9 Å². The van der Waals surface area contributed by atoms with Crippen LogP contribution in [0.1, 0.15) is 39.0 Å². The molecule has 94 valence electrons. The van der Waals surface area contributed by atoms with Crippen LogP contribution in [0, 0.1) is 5.92 Å². The van der Waals surface area contributed by atoms with Gasteiger partial charge in [-0.05, 0) is 31.6 Å². The first kappa shape index (κ1) is 13.5. The molecule has 1 atom stereocenters. The number of hydrogen-bond acceptors (Lipinski definition) is 3. The molecule has 1 aliphatic carbocycles. The summed E-state index contributed by atoms with van der Waals surface area (Å²) in [4.78, 5) is 11.6. The summed E-state index contributed by atoms with van der Waals surface area (Å²) in [5.41, 5.74) is 0. The molecule has 1 amide bonds. The molecule has 1 unspecified atom stereocenters. The van der Waals surface area contributed by atoms with Gasteiger partial charge in [0.05, 0.1) is 6.10 Å². The molecule has 0 spiro atoms. The zero-order valence-electron chi connectivity index (χ0n) is 10.2. The highest BCUT2D eigenvalue weighted by molar-refractivity contribution is 5.76. The van der Waals surface area contributed by atoms with Gasteiger partial charge in [-0.2, -0.15) is 0 Å². The van der Waals surface area contributed by atoms with Crippen LogP contribution in [0.15, 0.2) is 0 Å². The Morgan fingerprint density at radius 1 is 1.44 bits per heavy atom. The Kier molecular flexibility index (Phi) is 5.77. The maximum Gasteiger partial charge on any atom is 0.220 e. The number of hydrogen-bond donors (Lipinski definition) is 2. The average Bonchev–Trinajstić information content (AvgIpc) is 2.21. The molecule has 0 bridgehead atoms. The van der Waals surface area contributed by atoms with Crippen LogP contribution in [0.3, 0.4) is 0 Å². The predicted molar refractivity (Wildman–Crippen MR) is 62.1 cm³/mol. The molecule has 0 radical (unpaired) electrons. The van der Waals surface area contributed by atoms with Crippen LogP contribution in [0.5, 0.6) is 0 Å². The Hall–Kier alpha value is -0.610. The van der Waals surface area contributed by atoms with E-state index in [1.807, 2.05) is 6.92 Å². The summed E-state index contributed by atoms with van der Waals surface area (Å²) < 4.78 is 5.00. The Labute approximate surface area is 97.4 Å². The monoisotopic (exact) mass is 229 g/mol. The Morgan fingerprint density at radius 2 is 2.06 bits per heavy atom. The molecular weight excluding hydrogens is 206 g/mol. The summed E-state index contributed by atoms with van der Waals surface area (Å²) in [6.07, 6.45) is 3.75. The van der Waals surface area contributed by atoms with Crippen molar-refractivity contribution in [2.24, 2.45) is 5.92 Å². The van der Waals surface area contributed by atoms with Crippen LogP contribution in [0.2, 0.25) is 0 Å². The van der Waals surface area contributed by atoms with Gasteiger partial charge in [0.15, 0.2) is 0 Å². The second kappa shape index (κ2) is 6.86. The zero-order valence-corrected chi connectivity index (χ0v) is 10.2. The van der Waals surface area contributed by atoms with Crippen molar-refractivity contribution in [3.05, 3.63) is 0 Å². The van der Waals surface area contributed by atoms with Crippen LogP contribution in [-0.2, 0) is 9.53 Å². The maximum absolute atomic E-state index is 11.6. The van der Waals surface area contributed by atoms with E-state index >= 15 is 0 Å². The van der Waals surface area contributed by atoms with Crippen LogP contribution in [0.4, 0.5) is 0 Å². The van der Waals surface area contributed by atoms with Crippen molar-refractivity contribution in [3.8, 4) is 0 Å². The average molecular weight is 229 g/mol. The topological polar surface area (TPSA) is 58.6 Å². The lowest BCUT2D eigenvalue weighted by Crippen LogP contribution is -2.39. The van der Waals surface area contributed by atoms with Crippen LogP contribution in [0.25, 0.3) is 0 Å². The quantitative estimate of drug-likeness (QED) is 0.741. The van der Waals surface area contributed by atoms with E-state index in [0.29, 0.717) is 13.0 Å². The van der Waals surface area contributed by atoms with Gasteiger partial charge in [0, 0.05) is 26.2 Å². The number of rotatable bonds is 5. The number of aliphatic hydroxyl groups is 1. The van der Waals surface area contributed by atoms with Gasteiger partial charge >= 0.3 is 0 Å². The fourth-order valence-corrected chi connectivity index (χ4v) is 2.17. The molecule has 0 saturated heterocycles. The summed E-state index contributed by atoms with van der Waals surface area (Å²) in [5, 5.41) is 12.4. The fraction of sp³-hybridized carbons (Fsp3) is 0.917. The van der Waals surface area contributed by atoms with E-state index in [4.69, 9.17) is 4.74 Å². The molecule has 0 aromatic carbocycles. The molecule has 4 nitrogen and oxygen atoms in total. The third kappa shape index (κ3) is 4.94. The third-order valence-electron chi connectivity index (χ3n) is 3.05. The van der Waals surface area contributed by atoms with Gasteiger partial charge in [-0.25, -0.2) is 0 Å². The molecule has 0 heterocycles. The normalized spacial score (nSPS) is 27.4. The molecule has 1 rings (SSSR count). The lowest BCUT2D eigenvalue weighted by atomic mass is 9.93. The van der Waals surface area contributed by atoms with Crippen molar-refractivity contribution in [1.29, 1.82) is 0 Å². The number of carbonyl (C=O) groups is 1. The standard InChI is InChI=1S/C12H23NO3/c1-9(8-16-2)7-12(15)13-10-3-5-11(14)6-4-10/h9-11,14H,3-8H2,1-2H3,(H,13,15). The summed E-state index contributed by atoms with van der Waals surface area (Å²) in [7, 11) is 1.65. The molecule has 1 fully saturated rings. The van der Waals surface area contributed by atoms with E-state index in [2.05, 4.69) is 5.32 Å². The lowest BCUT2D eigenvalue weighted by Gasteiger charge is -2.26. The van der Waals surface area contributed by atoms with Crippen molar-refractivity contribution in [1.82, 2.24) is 5.32 Å². The number of nitrogens with one attached hydrogen (secondary N) is 1. The molecular formula is C12H23NO3. The van der Waals surface area contributed by atoms with Gasteiger partial charge in [-0.3, -0.25) is 4.79 Å². The molecule has 0 aliphatic heterocycles. The van der Waals surface area contributed by atoms with E-state index in [1.165, 1.54) is 0 Å². The van der Waals surface area contributed by atoms with E-state index < -0.39 is 0 Å². The van der Waals surface area contributed by atoms with Gasteiger partial charge in [0.1, 0.15) is 0 Å². The second-order valence-corrected chi connectivity index (χ2v) is 4.84. The highest BCUT2D eigenvalue weighted by Crippen LogP contribution is 2.18. The largest absolute Gasteiger partial charge is 0.393 e. The van der Waals surface area contributed by atoms with Gasteiger partial charge < -0.3 is 15.2 Å². The Balaban J connectivity index is 2.18. The summed E-state index contributed by atoms with van der Waals surface area (Å²) in [6, 6.07) is 0.255. The number of aliphatic hydroxyl groups excluding tert-OH is 1. The summed E-state index contributed by atoms with van der Waals surface area (Å²) in [5.74, 6) is 0.366. The van der Waals surface area contributed by atoms with Crippen LogP contribution >= 0.6 is 0 Å². The number of carbonyl (C=O) groups excluding carboxylic acids is 1. The molecule has 16 heavy (non-hydrogen) atoms. The second-order valence-electron chi connectivity index (χ2n) is 4.84. The predicted octanol–water partition coefficient (Wildman–Crippen LogP) is 1.08.